The van der Waals surface area contributed by atoms with Crippen molar-refractivity contribution in [3.8, 4) is 0 Å². The molecule has 1 nitrogen and oxygen atoms in total. The van der Waals surface area contributed by atoms with Crippen LogP contribution < -0.4 is 0 Å². The quantitative estimate of drug-likeness (QED) is 0.365. The van der Waals surface area contributed by atoms with E-state index in [4.69, 9.17) is 0 Å². The number of allylic oxidation sites excluding steroid dienone is 1. The summed E-state index contributed by atoms with van der Waals surface area (Å²) in [5.74, 6) is 6.55. The van der Waals surface area contributed by atoms with Gasteiger partial charge in [-0.1, -0.05) is 76.4 Å². The first kappa shape index (κ1) is 25.3. The molecular weight excluding hydrogens is 456 g/mol. The van der Waals surface area contributed by atoms with Gasteiger partial charge in [-0.15, -0.1) is 0 Å². The summed E-state index contributed by atoms with van der Waals surface area (Å²) in [5.41, 5.74) is 1.01. The average Bonchev–Trinajstić information content (AvgIpc) is 3.07. The molecule has 0 heterocycles. The molecule has 0 aliphatic heterocycles. The summed E-state index contributed by atoms with van der Waals surface area (Å²) in [6.07, 6.45) is 15.9. The number of rotatable bonds is 7. The molecule has 10 atom stereocenters. The van der Waals surface area contributed by atoms with Crippen molar-refractivity contribution in [2.24, 2.45) is 58.2 Å². The molecule has 0 aromatic rings. The highest BCUT2D eigenvalue weighted by atomic mass is 79.9. The zero-order chi connectivity index (χ0) is 23.3. The van der Waals surface area contributed by atoms with E-state index < -0.39 is 0 Å². The van der Waals surface area contributed by atoms with Gasteiger partial charge in [-0.3, -0.25) is 0 Å². The zero-order valence-corrected chi connectivity index (χ0v) is 23.3. The van der Waals surface area contributed by atoms with Gasteiger partial charge in [-0.25, -0.2) is 0 Å². The number of fused-ring (bicyclic) bond motifs is 5. The summed E-state index contributed by atoms with van der Waals surface area (Å²) < 4.78 is 1.08. The minimum atomic E-state index is -0.129. The molecule has 0 spiro atoms. The van der Waals surface area contributed by atoms with Crippen LogP contribution in [-0.2, 0) is 0 Å². The molecule has 4 fully saturated rings. The highest BCUT2D eigenvalue weighted by Crippen LogP contribution is 2.69. The molecule has 184 valence electrons. The van der Waals surface area contributed by atoms with Crippen LogP contribution in [0.1, 0.15) is 112 Å². The van der Waals surface area contributed by atoms with Gasteiger partial charge in [0.05, 0.1) is 6.10 Å². The second-order valence-corrected chi connectivity index (χ2v) is 14.7. The number of aliphatic hydroxyl groups excluding tert-OH is 1. The maximum atomic E-state index is 10.9. The second-order valence-electron chi connectivity index (χ2n) is 13.6. The maximum Gasteiger partial charge on any atom is 0.0574 e. The summed E-state index contributed by atoms with van der Waals surface area (Å²) >= 11 is 3.62. The highest BCUT2D eigenvalue weighted by Gasteiger charge is 2.61. The topological polar surface area (TPSA) is 20.2 Å². The average molecular weight is 508 g/mol. The number of hydrogen-bond acceptors (Lipinski definition) is 1. The Kier molecular flexibility index (Phi) is 7.64. The van der Waals surface area contributed by atoms with Crippen molar-refractivity contribution in [2.75, 3.05) is 0 Å². The van der Waals surface area contributed by atoms with Crippen LogP contribution in [-0.4, -0.2) is 11.2 Å². The number of hydrogen-bond donors (Lipinski definition) is 1. The van der Waals surface area contributed by atoms with E-state index in [2.05, 4.69) is 57.1 Å². The van der Waals surface area contributed by atoms with E-state index in [1.807, 2.05) is 0 Å². The molecule has 0 amide bonds. The van der Waals surface area contributed by atoms with Crippen LogP contribution in [0.15, 0.2) is 11.1 Å². The Morgan fingerprint density at radius 3 is 2.25 bits per heavy atom. The van der Waals surface area contributed by atoms with Crippen LogP contribution in [0.2, 0.25) is 0 Å². The number of aliphatic hydroxyl groups is 1. The minimum absolute atomic E-state index is 0.129. The lowest BCUT2D eigenvalue weighted by Gasteiger charge is -2.63. The van der Waals surface area contributed by atoms with Gasteiger partial charge in [0.1, 0.15) is 0 Å². The fraction of sp³-hybridized carbons (Fsp3) is 0.933. The monoisotopic (exact) mass is 506 g/mol. The summed E-state index contributed by atoms with van der Waals surface area (Å²) in [6, 6.07) is 0. The number of halogens is 1. The largest absolute Gasteiger partial charge is 0.393 e. The van der Waals surface area contributed by atoms with Gasteiger partial charge >= 0.3 is 0 Å². The third-order valence-corrected chi connectivity index (χ3v) is 11.9. The van der Waals surface area contributed by atoms with E-state index in [1.54, 1.807) is 0 Å². The van der Waals surface area contributed by atoms with Gasteiger partial charge in [-0.05, 0) is 120 Å². The van der Waals surface area contributed by atoms with Gasteiger partial charge in [-0.2, -0.15) is 0 Å². The van der Waals surface area contributed by atoms with Gasteiger partial charge < -0.3 is 5.11 Å². The molecule has 32 heavy (non-hydrogen) atoms. The molecule has 0 saturated heterocycles. The molecule has 1 N–H and O–H groups in total. The highest BCUT2D eigenvalue weighted by molar-refractivity contribution is 9.11. The second kappa shape index (κ2) is 9.67. The lowest BCUT2D eigenvalue weighted by atomic mass is 9.43. The van der Waals surface area contributed by atoms with Crippen molar-refractivity contribution < 1.29 is 5.11 Å². The van der Waals surface area contributed by atoms with Crippen LogP contribution in [0.3, 0.4) is 0 Å². The summed E-state index contributed by atoms with van der Waals surface area (Å²) in [4.78, 5) is 0. The fourth-order valence-electron chi connectivity index (χ4n) is 10.1. The van der Waals surface area contributed by atoms with Crippen molar-refractivity contribution >= 4 is 15.9 Å². The van der Waals surface area contributed by atoms with E-state index in [0.29, 0.717) is 22.7 Å². The van der Waals surface area contributed by atoms with Crippen LogP contribution >= 0.6 is 15.9 Å². The third kappa shape index (κ3) is 4.43. The Hall–Kier alpha value is 0.180. The molecule has 4 saturated carbocycles. The molecule has 0 aromatic heterocycles. The third-order valence-electron chi connectivity index (χ3n) is 11.6. The molecule has 0 aromatic carbocycles. The van der Waals surface area contributed by atoms with Crippen molar-refractivity contribution in [1.29, 1.82) is 0 Å². The molecule has 4 rings (SSSR count). The van der Waals surface area contributed by atoms with E-state index in [1.165, 1.54) is 64.2 Å². The summed E-state index contributed by atoms with van der Waals surface area (Å²) in [5, 5.41) is 10.9. The maximum absolute atomic E-state index is 10.9. The molecule has 0 bridgehead atoms. The van der Waals surface area contributed by atoms with Crippen molar-refractivity contribution in [3.05, 3.63) is 11.1 Å². The van der Waals surface area contributed by atoms with Gasteiger partial charge in [0, 0.05) is 0 Å². The molecule has 0 radical (unpaired) electrons. The minimum Gasteiger partial charge on any atom is -0.393 e. The fourth-order valence-corrected chi connectivity index (χ4v) is 10.4. The van der Waals surface area contributed by atoms with E-state index in [-0.39, 0.29) is 6.10 Å². The van der Waals surface area contributed by atoms with Crippen LogP contribution in [0, 0.1) is 58.2 Å². The first-order chi connectivity index (χ1) is 15.1. The molecule has 4 unspecified atom stereocenters. The zero-order valence-electron chi connectivity index (χ0n) is 21.7. The van der Waals surface area contributed by atoms with Crippen molar-refractivity contribution in [1.82, 2.24) is 0 Å². The van der Waals surface area contributed by atoms with Gasteiger partial charge in [0.15, 0.2) is 0 Å². The van der Waals surface area contributed by atoms with E-state index in [9.17, 15) is 5.11 Å². The molecule has 4 aliphatic rings. The lowest BCUT2D eigenvalue weighted by Crippen LogP contribution is -2.56. The smallest absolute Gasteiger partial charge is 0.0574 e. The van der Waals surface area contributed by atoms with Crippen molar-refractivity contribution in [3.63, 3.8) is 0 Å². The van der Waals surface area contributed by atoms with Gasteiger partial charge in [0.25, 0.3) is 0 Å². The van der Waals surface area contributed by atoms with E-state index >= 15 is 0 Å². The standard InChI is InChI=1S/C30H51BrO/c1-19(2)8-7-9-20(3)24-12-13-25-22-10-11-26-23(18-21(4)31)28(32)15-17-30(26,6)27(22)14-16-29(24,25)5/h19-20,22-28,32H,4,7-18H2,1-3,5-6H3/t20-,22?,23+,24-,25?,26?,27?,28-,29-,30+/m1/s1. The summed E-state index contributed by atoms with van der Waals surface area (Å²) in [7, 11) is 0. The predicted octanol–water partition coefficient (Wildman–Crippen LogP) is 8.99. The van der Waals surface area contributed by atoms with Crippen LogP contribution in [0.5, 0.6) is 0 Å². The Labute approximate surface area is 207 Å². The predicted molar refractivity (Wildman–Crippen MR) is 141 cm³/mol. The normalized spacial score (nSPS) is 46.9. The Morgan fingerprint density at radius 2 is 1.56 bits per heavy atom. The summed E-state index contributed by atoms with van der Waals surface area (Å²) in [6.45, 7) is 16.8. The Balaban J connectivity index is 1.49. The first-order valence-electron chi connectivity index (χ1n) is 14.1. The molecule has 4 aliphatic carbocycles. The van der Waals surface area contributed by atoms with Gasteiger partial charge in [0.2, 0.25) is 0 Å². The van der Waals surface area contributed by atoms with Crippen LogP contribution in [0.4, 0.5) is 0 Å². The SMILES string of the molecule is C=C(Br)C[C@H]1C2CCC3C(CC[C@@]4(C)C3CC[C@@H]4[C@H](C)CCCC(C)C)[C@@]2(C)CC[C@H]1O. The van der Waals surface area contributed by atoms with E-state index in [0.717, 1.165) is 52.8 Å². The first-order valence-corrected chi connectivity index (χ1v) is 14.9. The van der Waals surface area contributed by atoms with Crippen molar-refractivity contribution in [2.45, 2.75) is 118 Å². The van der Waals surface area contributed by atoms with Crippen LogP contribution in [0.25, 0.3) is 0 Å². The Morgan fingerprint density at radius 1 is 0.906 bits per heavy atom. The lowest BCUT2D eigenvalue weighted by molar-refractivity contribution is -0.152. The molecule has 2 heteroatoms. The molecular formula is C30H51BrO. The Bertz CT molecular complexity index is 672.